The summed E-state index contributed by atoms with van der Waals surface area (Å²) >= 11 is 6.25. The lowest BCUT2D eigenvalue weighted by atomic mass is 10.0. The van der Waals surface area contributed by atoms with Crippen molar-refractivity contribution in [3.8, 4) is 5.75 Å². The normalized spacial score (nSPS) is 16.4. The second-order valence-electron chi connectivity index (χ2n) is 7.67. The van der Waals surface area contributed by atoms with E-state index in [2.05, 4.69) is 5.32 Å². The number of hydrogen-bond acceptors (Lipinski definition) is 4. The fourth-order valence-corrected chi connectivity index (χ4v) is 5.78. The molecule has 3 rings (SSSR count). The van der Waals surface area contributed by atoms with Gasteiger partial charge >= 0.3 is 0 Å². The highest BCUT2D eigenvalue weighted by Gasteiger charge is 2.28. The van der Waals surface area contributed by atoms with Crippen molar-refractivity contribution in [2.45, 2.75) is 50.0 Å². The van der Waals surface area contributed by atoms with E-state index in [1.165, 1.54) is 16.4 Å². The van der Waals surface area contributed by atoms with Gasteiger partial charge in [0, 0.05) is 18.7 Å². The van der Waals surface area contributed by atoms with Gasteiger partial charge in [-0.3, -0.25) is 4.79 Å². The lowest BCUT2D eigenvalue weighted by Crippen LogP contribution is -2.32. The van der Waals surface area contributed by atoms with Crippen LogP contribution in [0.3, 0.4) is 0 Å². The number of halogens is 1. The van der Waals surface area contributed by atoms with Gasteiger partial charge in [0.05, 0.1) is 18.2 Å². The Hall–Kier alpha value is -2.09. The molecular weight excluding hydrogens is 436 g/mol. The fourth-order valence-electron chi connectivity index (χ4n) is 3.76. The summed E-state index contributed by atoms with van der Waals surface area (Å²) in [5.41, 5.74) is 1.22. The molecule has 1 heterocycles. The Morgan fingerprint density at radius 1 is 1.10 bits per heavy atom. The van der Waals surface area contributed by atoms with Gasteiger partial charge in [-0.15, -0.1) is 0 Å². The smallest absolute Gasteiger partial charge is 0.251 e. The topological polar surface area (TPSA) is 75.7 Å². The van der Waals surface area contributed by atoms with Crippen molar-refractivity contribution in [1.29, 1.82) is 0 Å². The zero-order valence-electron chi connectivity index (χ0n) is 17.9. The average molecular weight is 465 g/mol. The van der Waals surface area contributed by atoms with Crippen LogP contribution in [0.1, 0.15) is 61.0 Å². The van der Waals surface area contributed by atoms with Gasteiger partial charge in [0.1, 0.15) is 10.6 Å². The molecule has 6 nitrogen and oxygen atoms in total. The van der Waals surface area contributed by atoms with E-state index in [-0.39, 0.29) is 27.4 Å². The largest absolute Gasteiger partial charge is 0.497 e. The molecule has 2 aromatic rings. The number of sulfonamides is 1. The highest BCUT2D eigenvalue weighted by molar-refractivity contribution is 7.89. The van der Waals surface area contributed by atoms with Crippen molar-refractivity contribution < 1.29 is 17.9 Å². The Balaban J connectivity index is 1.83. The molecule has 1 fully saturated rings. The molecule has 1 amide bonds. The van der Waals surface area contributed by atoms with Crippen LogP contribution in [0.4, 0.5) is 0 Å². The van der Waals surface area contributed by atoms with Crippen LogP contribution in [0.25, 0.3) is 0 Å². The fraction of sp³-hybridized carbons (Fsp3) is 0.435. The van der Waals surface area contributed by atoms with Gasteiger partial charge in [-0.1, -0.05) is 43.5 Å². The van der Waals surface area contributed by atoms with Gasteiger partial charge in [0.15, 0.2) is 0 Å². The third-order valence-corrected chi connectivity index (χ3v) is 7.99. The number of nitrogens with one attached hydrogen (secondary N) is 1. The van der Waals surface area contributed by atoms with E-state index in [1.807, 2.05) is 31.2 Å². The first-order valence-electron chi connectivity index (χ1n) is 10.6. The van der Waals surface area contributed by atoms with Crippen molar-refractivity contribution >= 4 is 27.5 Å². The van der Waals surface area contributed by atoms with Gasteiger partial charge in [0.2, 0.25) is 10.0 Å². The molecular formula is C23H29ClN2O4S. The average Bonchev–Trinajstić information content (AvgIpc) is 3.08. The third-order valence-electron chi connectivity index (χ3n) is 5.61. The molecule has 0 aromatic heterocycles. The second-order valence-corrected chi connectivity index (χ2v) is 9.98. The molecule has 8 heteroatoms. The predicted molar refractivity (Wildman–Crippen MR) is 122 cm³/mol. The van der Waals surface area contributed by atoms with E-state index in [0.717, 1.165) is 37.0 Å². The lowest BCUT2D eigenvalue weighted by Gasteiger charge is -2.21. The Morgan fingerprint density at radius 2 is 1.74 bits per heavy atom. The number of methoxy groups -OCH3 is 1. The van der Waals surface area contributed by atoms with Crippen molar-refractivity contribution in [1.82, 2.24) is 9.62 Å². The molecule has 0 bridgehead atoms. The number of rotatable bonds is 7. The first-order valence-corrected chi connectivity index (χ1v) is 12.4. The molecule has 0 saturated carbocycles. The Labute approximate surface area is 189 Å². The van der Waals surface area contributed by atoms with E-state index in [9.17, 15) is 13.2 Å². The van der Waals surface area contributed by atoms with Crippen molar-refractivity contribution in [3.63, 3.8) is 0 Å². The second kappa shape index (κ2) is 10.5. The van der Waals surface area contributed by atoms with E-state index < -0.39 is 10.0 Å². The number of carbonyl (C=O) groups excluding carboxylic acids is 1. The van der Waals surface area contributed by atoms with Crippen LogP contribution in [-0.2, 0) is 10.0 Å². The summed E-state index contributed by atoms with van der Waals surface area (Å²) in [4.78, 5) is 12.9. The molecule has 0 unspecified atom stereocenters. The first-order chi connectivity index (χ1) is 14.9. The van der Waals surface area contributed by atoms with Crippen LogP contribution in [0.5, 0.6) is 5.75 Å². The van der Waals surface area contributed by atoms with Crippen LogP contribution in [0.15, 0.2) is 47.4 Å². The summed E-state index contributed by atoms with van der Waals surface area (Å²) in [5.74, 6) is 0.401. The number of hydrogen-bond donors (Lipinski definition) is 1. The molecule has 168 valence electrons. The highest BCUT2D eigenvalue weighted by atomic mass is 35.5. The maximum atomic E-state index is 13.2. The van der Waals surface area contributed by atoms with Crippen molar-refractivity contribution in [2.24, 2.45) is 0 Å². The predicted octanol–water partition coefficient (Wildman–Crippen LogP) is 4.79. The van der Waals surface area contributed by atoms with Crippen molar-refractivity contribution in [2.75, 3.05) is 20.2 Å². The maximum absolute atomic E-state index is 13.2. The first kappa shape index (κ1) is 23.6. The summed E-state index contributed by atoms with van der Waals surface area (Å²) < 4.78 is 33.1. The van der Waals surface area contributed by atoms with E-state index in [4.69, 9.17) is 16.3 Å². The number of benzene rings is 2. The Kier molecular flexibility index (Phi) is 7.97. The lowest BCUT2D eigenvalue weighted by molar-refractivity contribution is 0.0935. The van der Waals surface area contributed by atoms with Crippen LogP contribution < -0.4 is 10.1 Å². The molecule has 1 aliphatic rings. The molecule has 1 aliphatic heterocycles. The van der Waals surface area contributed by atoms with E-state index in [1.54, 1.807) is 13.2 Å². The van der Waals surface area contributed by atoms with Crippen molar-refractivity contribution in [3.05, 3.63) is 58.6 Å². The Morgan fingerprint density at radius 3 is 2.32 bits per heavy atom. The molecule has 31 heavy (non-hydrogen) atoms. The molecule has 0 radical (unpaired) electrons. The maximum Gasteiger partial charge on any atom is 0.251 e. The summed E-state index contributed by atoms with van der Waals surface area (Å²) in [7, 11) is -2.16. The standard InChI is InChI=1S/C23H29ClN2O4S/c1-3-21(17-8-11-19(30-2)12-9-17)25-23(27)18-10-13-20(24)22(16-18)31(28,29)26-14-6-4-5-7-15-26/h8-13,16,21H,3-7,14-15H2,1-2H3,(H,25,27)/t21-/m0/s1. The minimum Gasteiger partial charge on any atom is -0.497 e. The van der Waals surface area contributed by atoms with Gasteiger partial charge in [-0.05, 0) is 55.2 Å². The minimum atomic E-state index is -3.76. The van der Waals surface area contributed by atoms with Crippen LogP contribution in [0, 0.1) is 0 Å². The number of amides is 1. The Bertz CT molecular complexity index is 1000. The van der Waals surface area contributed by atoms with Crippen LogP contribution >= 0.6 is 11.6 Å². The van der Waals surface area contributed by atoms with Crippen LogP contribution in [0.2, 0.25) is 5.02 Å². The molecule has 1 saturated heterocycles. The SMILES string of the molecule is CC[C@H](NC(=O)c1ccc(Cl)c(S(=O)(=O)N2CCCCCC2)c1)c1ccc(OC)cc1. The monoisotopic (exact) mass is 464 g/mol. The summed E-state index contributed by atoms with van der Waals surface area (Å²) in [6, 6.07) is 11.7. The van der Waals surface area contributed by atoms with Gasteiger partial charge in [0.25, 0.3) is 5.91 Å². The molecule has 1 N–H and O–H groups in total. The van der Waals surface area contributed by atoms with Crippen LogP contribution in [-0.4, -0.2) is 38.8 Å². The molecule has 0 aliphatic carbocycles. The van der Waals surface area contributed by atoms with Gasteiger partial charge < -0.3 is 10.1 Å². The third kappa shape index (κ3) is 5.59. The zero-order chi connectivity index (χ0) is 22.4. The quantitative estimate of drug-likeness (QED) is 0.638. The summed E-state index contributed by atoms with van der Waals surface area (Å²) in [6.07, 6.45) is 4.39. The zero-order valence-corrected chi connectivity index (χ0v) is 19.5. The molecule has 1 atom stereocenters. The number of nitrogens with zero attached hydrogens (tertiary/aromatic N) is 1. The van der Waals surface area contributed by atoms with E-state index >= 15 is 0 Å². The number of ether oxygens (including phenoxy) is 1. The highest BCUT2D eigenvalue weighted by Crippen LogP contribution is 2.28. The van der Waals surface area contributed by atoms with Gasteiger partial charge in [-0.25, -0.2) is 8.42 Å². The summed E-state index contributed by atoms with van der Waals surface area (Å²) in [5, 5.41) is 3.12. The molecule has 0 spiro atoms. The van der Waals surface area contributed by atoms with E-state index in [0.29, 0.717) is 19.5 Å². The van der Waals surface area contributed by atoms with Gasteiger partial charge in [-0.2, -0.15) is 4.31 Å². The number of carbonyl (C=O) groups is 1. The molecule has 2 aromatic carbocycles. The summed E-state index contributed by atoms with van der Waals surface area (Å²) in [6.45, 7) is 2.93. The minimum absolute atomic E-state index is 0.0128.